The summed E-state index contributed by atoms with van der Waals surface area (Å²) in [7, 11) is 0. The van der Waals surface area contributed by atoms with E-state index in [1.54, 1.807) is 0 Å². The summed E-state index contributed by atoms with van der Waals surface area (Å²) in [6.07, 6.45) is 5.28. The molecule has 1 heterocycles. The van der Waals surface area contributed by atoms with Crippen molar-refractivity contribution in [1.82, 2.24) is 10.2 Å². The number of carbonyl (C=O) groups is 3. The van der Waals surface area contributed by atoms with E-state index in [4.69, 9.17) is 0 Å². The van der Waals surface area contributed by atoms with Crippen molar-refractivity contribution in [2.45, 2.75) is 52.4 Å². The molecule has 106 valence electrons. The van der Waals surface area contributed by atoms with Crippen LogP contribution in [0.15, 0.2) is 0 Å². The van der Waals surface area contributed by atoms with Crippen molar-refractivity contribution in [3.8, 4) is 0 Å². The van der Waals surface area contributed by atoms with Crippen LogP contribution in [0.4, 0.5) is 4.79 Å². The SMILES string of the molecule is CC(C)CC1(CN2C(=O)CC(=O)NC2=O)CCCC1. The summed E-state index contributed by atoms with van der Waals surface area (Å²) in [5.41, 5.74) is 0.0571. The third kappa shape index (κ3) is 3.14. The Morgan fingerprint density at radius 2 is 1.84 bits per heavy atom. The fraction of sp³-hybridized carbons (Fsp3) is 0.786. The zero-order valence-electron chi connectivity index (χ0n) is 11.7. The molecule has 0 aromatic heterocycles. The van der Waals surface area contributed by atoms with Crippen LogP contribution in [0.2, 0.25) is 0 Å². The van der Waals surface area contributed by atoms with Gasteiger partial charge in [0.05, 0.1) is 0 Å². The van der Waals surface area contributed by atoms with Crippen molar-refractivity contribution >= 4 is 17.8 Å². The molecular weight excluding hydrogens is 244 g/mol. The fourth-order valence-electron chi connectivity index (χ4n) is 3.49. The number of rotatable bonds is 4. The van der Waals surface area contributed by atoms with Gasteiger partial charge >= 0.3 is 6.03 Å². The minimum atomic E-state index is -0.545. The predicted molar refractivity (Wildman–Crippen MR) is 70.2 cm³/mol. The number of carbonyl (C=O) groups excluding carboxylic acids is 3. The van der Waals surface area contributed by atoms with E-state index in [0.29, 0.717) is 12.5 Å². The van der Waals surface area contributed by atoms with Gasteiger partial charge in [-0.3, -0.25) is 19.8 Å². The van der Waals surface area contributed by atoms with Crippen molar-refractivity contribution in [1.29, 1.82) is 0 Å². The van der Waals surface area contributed by atoms with Gasteiger partial charge in [0.1, 0.15) is 6.42 Å². The molecule has 0 aromatic rings. The molecule has 5 heteroatoms. The van der Waals surface area contributed by atoms with Gasteiger partial charge in [-0.15, -0.1) is 0 Å². The van der Waals surface area contributed by atoms with Gasteiger partial charge in [-0.1, -0.05) is 26.7 Å². The van der Waals surface area contributed by atoms with Crippen LogP contribution in [0.3, 0.4) is 0 Å². The molecule has 0 spiro atoms. The molecule has 1 aliphatic carbocycles. The van der Waals surface area contributed by atoms with Crippen LogP contribution in [0.1, 0.15) is 52.4 Å². The van der Waals surface area contributed by atoms with Crippen LogP contribution >= 0.6 is 0 Å². The largest absolute Gasteiger partial charge is 0.330 e. The number of nitrogens with one attached hydrogen (secondary N) is 1. The van der Waals surface area contributed by atoms with E-state index in [1.807, 2.05) is 0 Å². The summed E-state index contributed by atoms with van der Waals surface area (Å²) in [5, 5.41) is 2.23. The van der Waals surface area contributed by atoms with Gasteiger partial charge < -0.3 is 0 Å². The Morgan fingerprint density at radius 3 is 2.37 bits per heavy atom. The highest BCUT2D eigenvalue weighted by atomic mass is 16.2. The molecule has 2 aliphatic rings. The highest BCUT2D eigenvalue weighted by Gasteiger charge is 2.41. The fourth-order valence-corrected chi connectivity index (χ4v) is 3.49. The second kappa shape index (κ2) is 5.31. The van der Waals surface area contributed by atoms with Gasteiger partial charge in [0, 0.05) is 6.54 Å². The van der Waals surface area contributed by atoms with Crippen molar-refractivity contribution in [2.24, 2.45) is 11.3 Å². The highest BCUT2D eigenvalue weighted by molar-refractivity contribution is 6.14. The van der Waals surface area contributed by atoms with E-state index in [9.17, 15) is 14.4 Å². The van der Waals surface area contributed by atoms with E-state index in [0.717, 1.165) is 32.1 Å². The van der Waals surface area contributed by atoms with Gasteiger partial charge in [-0.2, -0.15) is 0 Å². The minimum Gasteiger partial charge on any atom is -0.277 e. The third-order valence-electron chi connectivity index (χ3n) is 4.10. The Morgan fingerprint density at radius 1 is 1.21 bits per heavy atom. The Bertz CT molecular complexity index is 377. The first-order valence-corrected chi connectivity index (χ1v) is 7.06. The zero-order valence-corrected chi connectivity index (χ0v) is 11.7. The number of imide groups is 2. The van der Waals surface area contributed by atoms with Crippen LogP contribution in [-0.4, -0.2) is 29.3 Å². The lowest BCUT2D eigenvalue weighted by Crippen LogP contribution is -2.55. The molecule has 19 heavy (non-hydrogen) atoms. The van der Waals surface area contributed by atoms with Gasteiger partial charge in [-0.05, 0) is 30.6 Å². The highest BCUT2D eigenvalue weighted by Crippen LogP contribution is 2.44. The summed E-state index contributed by atoms with van der Waals surface area (Å²) >= 11 is 0. The van der Waals surface area contributed by atoms with Gasteiger partial charge in [0.15, 0.2) is 0 Å². The first kappa shape index (κ1) is 14.0. The second-order valence-electron chi connectivity index (χ2n) is 6.32. The number of hydrogen-bond donors (Lipinski definition) is 1. The maximum absolute atomic E-state index is 11.9. The molecule has 2 rings (SSSR count). The van der Waals surface area contributed by atoms with Crippen LogP contribution in [0.5, 0.6) is 0 Å². The summed E-state index contributed by atoms with van der Waals surface area (Å²) in [6, 6.07) is -0.545. The number of barbiturate groups is 1. The first-order valence-electron chi connectivity index (χ1n) is 7.06. The molecule has 0 aromatic carbocycles. The third-order valence-corrected chi connectivity index (χ3v) is 4.10. The second-order valence-corrected chi connectivity index (χ2v) is 6.32. The van der Waals surface area contributed by atoms with E-state index >= 15 is 0 Å². The number of nitrogens with zero attached hydrogens (tertiary/aromatic N) is 1. The number of urea groups is 1. The lowest BCUT2D eigenvalue weighted by molar-refractivity contribution is -0.137. The van der Waals surface area contributed by atoms with E-state index in [2.05, 4.69) is 19.2 Å². The Kier molecular flexibility index (Phi) is 3.92. The molecule has 1 saturated heterocycles. The smallest absolute Gasteiger partial charge is 0.277 e. The van der Waals surface area contributed by atoms with Crippen LogP contribution in [-0.2, 0) is 9.59 Å². The molecule has 1 N–H and O–H groups in total. The maximum atomic E-state index is 11.9. The molecule has 1 aliphatic heterocycles. The number of amides is 4. The van der Waals surface area contributed by atoms with Crippen LogP contribution in [0.25, 0.3) is 0 Å². The normalized spacial score (nSPS) is 23.1. The number of hydrogen-bond acceptors (Lipinski definition) is 3. The molecule has 0 atom stereocenters. The quantitative estimate of drug-likeness (QED) is 0.792. The molecule has 5 nitrogen and oxygen atoms in total. The zero-order chi connectivity index (χ0) is 14.0. The summed E-state index contributed by atoms with van der Waals surface area (Å²) in [4.78, 5) is 36.1. The topological polar surface area (TPSA) is 66.5 Å². The van der Waals surface area contributed by atoms with Crippen molar-refractivity contribution in [3.63, 3.8) is 0 Å². The van der Waals surface area contributed by atoms with E-state index < -0.39 is 11.9 Å². The standard InChI is InChI=1S/C14H22N2O3/c1-10(2)8-14(5-3-4-6-14)9-16-12(18)7-11(17)15-13(16)19/h10H,3-9H2,1-2H3,(H,15,17,19). The van der Waals surface area contributed by atoms with E-state index in [1.165, 1.54) is 4.90 Å². The lowest BCUT2D eigenvalue weighted by Gasteiger charge is -2.36. The molecule has 0 radical (unpaired) electrons. The molecule has 0 bridgehead atoms. The molecular formula is C14H22N2O3. The lowest BCUT2D eigenvalue weighted by atomic mass is 9.78. The van der Waals surface area contributed by atoms with Gasteiger partial charge in [0.2, 0.25) is 11.8 Å². The Hall–Kier alpha value is -1.39. The average molecular weight is 266 g/mol. The van der Waals surface area contributed by atoms with Crippen LogP contribution < -0.4 is 5.32 Å². The van der Waals surface area contributed by atoms with Gasteiger partial charge in [-0.25, -0.2) is 4.79 Å². The van der Waals surface area contributed by atoms with Crippen molar-refractivity contribution in [3.05, 3.63) is 0 Å². The maximum Gasteiger partial charge on any atom is 0.330 e. The van der Waals surface area contributed by atoms with Crippen molar-refractivity contribution in [2.75, 3.05) is 6.54 Å². The van der Waals surface area contributed by atoms with E-state index in [-0.39, 0.29) is 17.7 Å². The Labute approximate surface area is 113 Å². The molecule has 4 amide bonds. The molecule has 1 saturated carbocycles. The van der Waals surface area contributed by atoms with Crippen molar-refractivity contribution < 1.29 is 14.4 Å². The molecule has 2 fully saturated rings. The van der Waals surface area contributed by atoms with Crippen LogP contribution in [0, 0.1) is 11.3 Å². The summed E-state index contributed by atoms with van der Waals surface area (Å²) in [6.45, 7) is 4.80. The summed E-state index contributed by atoms with van der Waals surface area (Å²) < 4.78 is 0. The monoisotopic (exact) mass is 266 g/mol. The first-order chi connectivity index (χ1) is 8.92. The molecule has 0 unspecified atom stereocenters. The predicted octanol–water partition coefficient (Wildman–Crippen LogP) is 2.06. The van der Waals surface area contributed by atoms with Gasteiger partial charge in [0.25, 0.3) is 0 Å². The Balaban J connectivity index is 2.10. The summed E-state index contributed by atoms with van der Waals surface area (Å²) in [5.74, 6) is -0.304. The average Bonchev–Trinajstić information content (AvgIpc) is 2.71. The minimum absolute atomic E-state index is 0.0571.